The van der Waals surface area contributed by atoms with Crippen LogP contribution in [-0.2, 0) is 0 Å². The lowest BCUT2D eigenvalue weighted by Crippen LogP contribution is -2.13. The monoisotopic (exact) mass is 226 g/mol. The molecule has 1 aromatic carbocycles. The minimum absolute atomic E-state index is 0.0562. The van der Waals surface area contributed by atoms with Crippen molar-refractivity contribution in [3.05, 3.63) is 30.5 Å². The largest absolute Gasteiger partial charge is 0.497 e. The molecule has 0 saturated carbocycles. The van der Waals surface area contributed by atoms with Crippen molar-refractivity contribution in [1.82, 2.24) is 4.98 Å². The van der Waals surface area contributed by atoms with Gasteiger partial charge in [0.25, 0.3) is 0 Å². The van der Waals surface area contributed by atoms with E-state index < -0.39 is 0 Å². The second-order valence-corrected chi connectivity index (χ2v) is 3.78. The summed E-state index contributed by atoms with van der Waals surface area (Å²) in [7, 11) is 1.65. The topological polar surface area (TPSA) is 34.2 Å². The maximum atomic E-state index is 5.36. The second-order valence-electron chi connectivity index (χ2n) is 3.78. The van der Waals surface area contributed by atoms with Crippen LogP contribution >= 0.6 is 0 Å². The van der Waals surface area contributed by atoms with Crippen LogP contribution in [0, 0.1) is 12.3 Å². The third-order valence-electron chi connectivity index (χ3n) is 2.58. The molecule has 0 spiro atoms. The Bertz CT molecular complexity index is 572. The van der Waals surface area contributed by atoms with Crippen molar-refractivity contribution >= 4 is 16.6 Å². The molecule has 0 aliphatic heterocycles. The van der Waals surface area contributed by atoms with Gasteiger partial charge in [0.15, 0.2) is 0 Å². The summed E-state index contributed by atoms with van der Waals surface area (Å²) in [6.45, 7) is 1.92. The van der Waals surface area contributed by atoms with Crippen molar-refractivity contribution in [1.29, 1.82) is 0 Å². The van der Waals surface area contributed by atoms with Gasteiger partial charge in [-0.05, 0) is 30.5 Å². The summed E-state index contributed by atoms with van der Waals surface area (Å²) in [5.74, 6) is 4.22. The van der Waals surface area contributed by atoms with Gasteiger partial charge in [-0.25, -0.2) is 4.98 Å². The Balaban J connectivity index is 2.51. The van der Waals surface area contributed by atoms with E-state index in [1.54, 1.807) is 13.3 Å². The number of nitrogens with one attached hydrogen (secondary N) is 1. The van der Waals surface area contributed by atoms with Crippen molar-refractivity contribution < 1.29 is 4.74 Å². The molecule has 1 N–H and O–H groups in total. The van der Waals surface area contributed by atoms with E-state index >= 15 is 0 Å². The lowest BCUT2D eigenvalue weighted by Gasteiger charge is -2.11. The molecule has 0 aliphatic carbocycles. The van der Waals surface area contributed by atoms with E-state index in [9.17, 15) is 0 Å². The number of terminal acetylenes is 1. The molecule has 1 atom stereocenters. The molecule has 1 unspecified atom stereocenters. The van der Waals surface area contributed by atoms with Gasteiger partial charge in [0, 0.05) is 11.6 Å². The Hall–Kier alpha value is -2.21. The zero-order valence-electron chi connectivity index (χ0n) is 9.90. The first-order chi connectivity index (χ1) is 8.24. The van der Waals surface area contributed by atoms with Crippen molar-refractivity contribution in [3.8, 4) is 18.1 Å². The van der Waals surface area contributed by atoms with E-state index in [2.05, 4.69) is 16.2 Å². The maximum Gasteiger partial charge on any atom is 0.134 e. The number of rotatable bonds is 3. The summed E-state index contributed by atoms with van der Waals surface area (Å²) < 4.78 is 5.21. The van der Waals surface area contributed by atoms with E-state index in [-0.39, 0.29) is 6.04 Å². The molecular formula is C14H14N2O. The molecule has 0 aliphatic rings. The van der Waals surface area contributed by atoms with Gasteiger partial charge in [-0.1, -0.05) is 12.0 Å². The molecule has 0 radical (unpaired) electrons. The highest BCUT2D eigenvalue weighted by Gasteiger charge is 2.05. The van der Waals surface area contributed by atoms with Gasteiger partial charge >= 0.3 is 0 Å². The molecule has 0 bridgehead atoms. The summed E-state index contributed by atoms with van der Waals surface area (Å²) >= 11 is 0. The minimum atomic E-state index is -0.0562. The standard InChI is InChI=1S/C14H14N2O/c1-4-10(2)16-14-13-9-12(17-3)6-5-11(13)7-8-15-14/h1,5-10H,2-3H3,(H,15,16). The smallest absolute Gasteiger partial charge is 0.134 e. The van der Waals surface area contributed by atoms with Crippen LogP contribution in [0.5, 0.6) is 5.75 Å². The Morgan fingerprint density at radius 2 is 2.24 bits per heavy atom. The zero-order valence-corrected chi connectivity index (χ0v) is 9.90. The van der Waals surface area contributed by atoms with Gasteiger partial charge in [-0.2, -0.15) is 0 Å². The molecule has 1 heterocycles. The number of anilines is 1. The van der Waals surface area contributed by atoms with E-state index in [0.717, 1.165) is 22.3 Å². The summed E-state index contributed by atoms with van der Waals surface area (Å²) in [6.07, 6.45) is 7.12. The summed E-state index contributed by atoms with van der Waals surface area (Å²) in [5, 5.41) is 5.30. The molecule has 17 heavy (non-hydrogen) atoms. The van der Waals surface area contributed by atoms with Crippen molar-refractivity contribution in [2.24, 2.45) is 0 Å². The van der Waals surface area contributed by atoms with E-state index in [1.165, 1.54) is 0 Å². The number of ether oxygens (including phenoxy) is 1. The number of methoxy groups -OCH3 is 1. The maximum absolute atomic E-state index is 5.36. The first kappa shape index (κ1) is 11.3. The molecule has 2 rings (SSSR count). The molecule has 3 nitrogen and oxygen atoms in total. The number of benzene rings is 1. The normalized spacial score (nSPS) is 11.8. The fraction of sp³-hybridized carbons (Fsp3) is 0.214. The van der Waals surface area contributed by atoms with E-state index in [1.807, 2.05) is 31.2 Å². The predicted molar refractivity (Wildman–Crippen MR) is 70.2 cm³/mol. The molecule has 0 fully saturated rings. The van der Waals surface area contributed by atoms with Crippen molar-refractivity contribution in [2.75, 3.05) is 12.4 Å². The zero-order chi connectivity index (χ0) is 12.3. The average Bonchev–Trinajstić information content (AvgIpc) is 2.38. The summed E-state index contributed by atoms with van der Waals surface area (Å²) in [6, 6.07) is 7.78. The van der Waals surface area contributed by atoms with E-state index in [4.69, 9.17) is 11.2 Å². The Morgan fingerprint density at radius 3 is 2.94 bits per heavy atom. The van der Waals surface area contributed by atoms with Crippen LogP contribution in [0.25, 0.3) is 10.8 Å². The van der Waals surface area contributed by atoms with Crippen LogP contribution < -0.4 is 10.1 Å². The highest BCUT2D eigenvalue weighted by atomic mass is 16.5. The third kappa shape index (κ3) is 2.31. The molecule has 2 aromatic rings. The van der Waals surface area contributed by atoms with Crippen molar-refractivity contribution in [3.63, 3.8) is 0 Å². The number of nitrogens with zero attached hydrogens (tertiary/aromatic N) is 1. The van der Waals surface area contributed by atoms with Crippen LogP contribution in [0.3, 0.4) is 0 Å². The van der Waals surface area contributed by atoms with Gasteiger partial charge in [-0.3, -0.25) is 0 Å². The van der Waals surface area contributed by atoms with Crippen molar-refractivity contribution in [2.45, 2.75) is 13.0 Å². The first-order valence-electron chi connectivity index (χ1n) is 5.40. The molecule has 86 valence electrons. The average molecular weight is 226 g/mol. The van der Waals surface area contributed by atoms with Crippen LogP contribution in [0.4, 0.5) is 5.82 Å². The van der Waals surface area contributed by atoms with Crippen LogP contribution in [0.2, 0.25) is 0 Å². The summed E-state index contributed by atoms with van der Waals surface area (Å²) in [4.78, 5) is 4.31. The van der Waals surface area contributed by atoms with Gasteiger partial charge in [0.05, 0.1) is 13.2 Å². The number of hydrogen-bond acceptors (Lipinski definition) is 3. The first-order valence-corrected chi connectivity index (χ1v) is 5.40. The number of aromatic nitrogens is 1. The Morgan fingerprint density at radius 1 is 1.41 bits per heavy atom. The lowest BCUT2D eigenvalue weighted by atomic mass is 10.1. The highest BCUT2D eigenvalue weighted by Crippen LogP contribution is 2.25. The molecule has 3 heteroatoms. The van der Waals surface area contributed by atoms with Crippen LogP contribution in [0.1, 0.15) is 6.92 Å². The second kappa shape index (κ2) is 4.75. The minimum Gasteiger partial charge on any atom is -0.497 e. The Kier molecular flexibility index (Phi) is 3.15. The Labute approximate surface area is 101 Å². The summed E-state index contributed by atoms with van der Waals surface area (Å²) in [5.41, 5.74) is 0. The van der Waals surface area contributed by atoms with Gasteiger partial charge in [0.2, 0.25) is 0 Å². The molecule has 1 aromatic heterocycles. The molecule has 0 saturated heterocycles. The number of fused-ring (bicyclic) bond motifs is 1. The quantitative estimate of drug-likeness (QED) is 0.817. The van der Waals surface area contributed by atoms with Gasteiger partial charge < -0.3 is 10.1 Å². The highest BCUT2D eigenvalue weighted by molar-refractivity contribution is 5.92. The van der Waals surface area contributed by atoms with Crippen LogP contribution in [0.15, 0.2) is 30.5 Å². The number of pyridine rings is 1. The van der Waals surface area contributed by atoms with Gasteiger partial charge in [-0.15, -0.1) is 6.42 Å². The van der Waals surface area contributed by atoms with Gasteiger partial charge in [0.1, 0.15) is 11.6 Å². The molecule has 0 amide bonds. The van der Waals surface area contributed by atoms with E-state index in [0.29, 0.717) is 0 Å². The van der Waals surface area contributed by atoms with Crippen LogP contribution in [-0.4, -0.2) is 18.1 Å². The fourth-order valence-corrected chi connectivity index (χ4v) is 1.64. The number of hydrogen-bond donors (Lipinski definition) is 1. The fourth-order valence-electron chi connectivity index (χ4n) is 1.64. The third-order valence-corrected chi connectivity index (χ3v) is 2.58. The SMILES string of the molecule is C#CC(C)Nc1nccc2ccc(OC)cc12. The lowest BCUT2D eigenvalue weighted by molar-refractivity contribution is 0.415. The molecular weight excluding hydrogens is 212 g/mol. The predicted octanol–water partition coefficient (Wildman–Crippen LogP) is 2.68.